The molecule has 6 atom stereocenters. The van der Waals surface area contributed by atoms with E-state index in [0.29, 0.717) is 24.8 Å². The van der Waals surface area contributed by atoms with Gasteiger partial charge in [0.05, 0.1) is 24.1 Å². The zero-order chi connectivity index (χ0) is 30.1. The van der Waals surface area contributed by atoms with Gasteiger partial charge in [0, 0.05) is 26.1 Å². The Morgan fingerprint density at radius 3 is 2.79 bits per heavy atom. The van der Waals surface area contributed by atoms with Crippen LogP contribution >= 0.6 is 0 Å². The summed E-state index contributed by atoms with van der Waals surface area (Å²) in [6.45, 7) is 2.22. The van der Waals surface area contributed by atoms with Crippen molar-refractivity contribution in [2.75, 3.05) is 26.2 Å². The molecule has 0 unspecified atom stereocenters. The van der Waals surface area contributed by atoms with Gasteiger partial charge in [-0.05, 0) is 38.3 Å². The Bertz CT molecular complexity index is 1470. The molecule has 13 heteroatoms. The van der Waals surface area contributed by atoms with E-state index in [9.17, 15) is 24.3 Å². The molecule has 5 heterocycles. The van der Waals surface area contributed by atoms with Crippen molar-refractivity contribution in [3.05, 3.63) is 48.6 Å². The molecule has 6 rings (SSSR count). The smallest absolute Gasteiger partial charge is 0.313 e. The van der Waals surface area contributed by atoms with Gasteiger partial charge in [0.25, 0.3) is 5.91 Å². The zero-order valence-electron chi connectivity index (χ0n) is 24.0. The Morgan fingerprint density at radius 1 is 1.12 bits per heavy atom. The standard InChI is InChI=1S/C30H36N6O7/c1-19-17-31-23(38)11-3-2-6-14-34(18-36-21-10-5-4-9-20(21)32-33-36)28(40)26-30-13-12-22(43-30)24(29(41)42-19)25(30)27(39)35(26)15-7-8-16-37/h2,4-6,9-10,12-13,19,22,24-26,37H,3,7-8,11,14-18H2,1H3,(H,31,38)/b6-2-/t19-,22+,24-,25-,26+,30-/m0/s1. The molecular weight excluding hydrogens is 556 g/mol. The summed E-state index contributed by atoms with van der Waals surface area (Å²) in [5, 5.41) is 20.7. The number of allylic oxidation sites excluding steroid dienone is 1. The minimum atomic E-state index is -1.35. The van der Waals surface area contributed by atoms with E-state index in [1.807, 2.05) is 36.4 Å². The molecule has 2 N–H and O–H groups in total. The van der Waals surface area contributed by atoms with Crippen LogP contribution in [0, 0.1) is 11.8 Å². The minimum Gasteiger partial charge on any atom is -0.460 e. The van der Waals surface area contributed by atoms with Crippen molar-refractivity contribution in [3.63, 3.8) is 0 Å². The number of hydrogen-bond acceptors (Lipinski definition) is 9. The molecule has 1 aromatic carbocycles. The third-order valence-electron chi connectivity index (χ3n) is 8.66. The van der Waals surface area contributed by atoms with E-state index in [2.05, 4.69) is 15.6 Å². The summed E-state index contributed by atoms with van der Waals surface area (Å²) in [5.41, 5.74) is 0.0747. The van der Waals surface area contributed by atoms with Crippen molar-refractivity contribution in [2.45, 2.75) is 63.1 Å². The number of aliphatic hydroxyl groups is 1. The van der Waals surface area contributed by atoms with Gasteiger partial charge < -0.3 is 29.7 Å². The number of unbranched alkanes of at least 4 members (excludes halogenated alkanes) is 1. The second kappa shape index (κ2) is 11.9. The number of ether oxygens (including phenoxy) is 2. The average molecular weight is 593 g/mol. The molecule has 4 aliphatic heterocycles. The number of carbonyl (C=O) groups is 4. The van der Waals surface area contributed by atoms with Crippen molar-refractivity contribution in [1.29, 1.82) is 0 Å². The molecule has 0 radical (unpaired) electrons. The molecule has 0 saturated carbocycles. The van der Waals surface area contributed by atoms with Crippen LogP contribution in [-0.2, 0) is 35.3 Å². The van der Waals surface area contributed by atoms with Crippen molar-refractivity contribution in [2.24, 2.45) is 11.8 Å². The fourth-order valence-corrected chi connectivity index (χ4v) is 6.62. The van der Waals surface area contributed by atoms with Crippen LogP contribution in [0.15, 0.2) is 48.6 Å². The third-order valence-corrected chi connectivity index (χ3v) is 8.66. The van der Waals surface area contributed by atoms with Crippen LogP contribution in [0.4, 0.5) is 0 Å². The maximum absolute atomic E-state index is 14.7. The topological polar surface area (TPSA) is 156 Å². The highest BCUT2D eigenvalue weighted by atomic mass is 16.6. The van der Waals surface area contributed by atoms with Crippen LogP contribution in [0.5, 0.6) is 0 Å². The summed E-state index contributed by atoms with van der Waals surface area (Å²) in [4.78, 5) is 57.7. The summed E-state index contributed by atoms with van der Waals surface area (Å²) in [7, 11) is 0. The Hall–Kier alpha value is -4.10. The first-order valence-electron chi connectivity index (χ1n) is 14.8. The molecule has 13 nitrogen and oxygen atoms in total. The van der Waals surface area contributed by atoms with E-state index in [1.165, 1.54) is 4.90 Å². The van der Waals surface area contributed by atoms with E-state index in [-0.39, 0.29) is 57.1 Å². The number of hydrogen-bond donors (Lipinski definition) is 2. The lowest BCUT2D eigenvalue weighted by Crippen LogP contribution is -2.56. The van der Waals surface area contributed by atoms with Gasteiger partial charge in [-0.2, -0.15) is 0 Å². The number of nitrogens with one attached hydrogen (secondary N) is 1. The molecule has 1 spiro atoms. The molecular formula is C30H36N6O7. The number of fused-ring (bicyclic) bond motifs is 3. The lowest BCUT2D eigenvalue weighted by atomic mass is 9.74. The van der Waals surface area contributed by atoms with Gasteiger partial charge in [-0.3, -0.25) is 19.2 Å². The molecule has 1 aromatic heterocycles. The maximum atomic E-state index is 14.7. The first kappa shape index (κ1) is 29.0. The fraction of sp³-hybridized carbons (Fsp3) is 0.533. The van der Waals surface area contributed by atoms with Gasteiger partial charge in [0.2, 0.25) is 11.8 Å². The van der Waals surface area contributed by atoms with Gasteiger partial charge >= 0.3 is 5.97 Å². The molecule has 2 saturated heterocycles. The van der Waals surface area contributed by atoms with Gasteiger partial charge in [-0.15, -0.1) is 5.10 Å². The number of aliphatic hydroxyl groups excluding tert-OH is 1. The summed E-state index contributed by atoms with van der Waals surface area (Å²) < 4.78 is 13.7. The minimum absolute atomic E-state index is 0.0483. The maximum Gasteiger partial charge on any atom is 0.313 e. The van der Waals surface area contributed by atoms with Crippen LogP contribution in [0.2, 0.25) is 0 Å². The molecule has 228 valence electrons. The molecule has 2 fully saturated rings. The van der Waals surface area contributed by atoms with E-state index in [4.69, 9.17) is 9.47 Å². The predicted molar refractivity (Wildman–Crippen MR) is 152 cm³/mol. The van der Waals surface area contributed by atoms with Crippen LogP contribution in [-0.4, -0.2) is 104 Å². The van der Waals surface area contributed by atoms with E-state index < -0.39 is 41.7 Å². The van der Waals surface area contributed by atoms with Gasteiger partial charge in [-0.25, -0.2) is 4.68 Å². The molecule has 43 heavy (non-hydrogen) atoms. The lowest BCUT2D eigenvalue weighted by Gasteiger charge is -2.35. The van der Waals surface area contributed by atoms with E-state index >= 15 is 0 Å². The summed E-state index contributed by atoms with van der Waals surface area (Å²) in [6, 6.07) is 6.38. The largest absolute Gasteiger partial charge is 0.460 e. The van der Waals surface area contributed by atoms with Gasteiger partial charge in [0.1, 0.15) is 35.9 Å². The van der Waals surface area contributed by atoms with Crippen LogP contribution in [0.25, 0.3) is 11.0 Å². The number of carbonyl (C=O) groups excluding carboxylic acids is 4. The predicted octanol–water partition coefficient (Wildman–Crippen LogP) is 0.538. The molecule has 3 amide bonds. The molecule has 0 aliphatic carbocycles. The Labute approximate surface area is 248 Å². The number of benzene rings is 1. The fourth-order valence-electron chi connectivity index (χ4n) is 6.62. The van der Waals surface area contributed by atoms with Crippen molar-refractivity contribution in [3.8, 4) is 0 Å². The number of para-hydroxylation sites is 1. The number of likely N-dealkylation sites (tertiary alicyclic amines) is 1. The summed E-state index contributed by atoms with van der Waals surface area (Å²) >= 11 is 0. The Morgan fingerprint density at radius 2 is 1.95 bits per heavy atom. The highest BCUT2D eigenvalue weighted by molar-refractivity contribution is 5.99. The average Bonchev–Trinajstić information content (AvgIpc) is 3.74. The van der Waals surface area contributed by atoms with Crippen molar-refractivity contribution >= 4 is 34.7 Å². The van der Waals surface area contributed by atoms with Crippen LogP contribution in [0.3, 0.4) is 0 Å². The van der Waals surface area contributed by atoms with E-state index in [1.54, 1.807) is 28.7 Å². The summed E-state index contributed by atoms with van der Waals surface area (Å²) in [5.74, 6) is -3.38. The van der Waals surface area contributed by atoms with Crippen molar-refractivity contribution < 1.29 is 33.8 Å². The molecule has 4 aliphatic rings. The number of amides is 3. The lowest BCUT2D eigenvalue weighted by molar-refractivity contribution is -0.158. The number of rotatable bonds is 6. The van der Waals surface area contributed by atoms with Gasteiger partial charge in [0.15, 0.2) is 0 Å². The van der Waals surface area contributed by atoms with Gasteiger partial charge in [-0.1, -0.05) is 41.7 Å². The third kappa shape index (κ3) is 5.20. The second-order valence-electron chi connectivity index (χ2n) is 11.5. The highest BCUT2D eigenvalue weighted by Crippen LogP contribution is 2.55. The van der Waals surface area contributed by atoms with E-state index in [0.717, 1.165) is 5.52 Å². The number of nitrogens with zero attached hydrogens (tertiary/aromatic N) is 5. The molecule has 5 bridgehead atoms. The summed E-state index contributed by atoms with van der Waals surface area (Å²) in [6.07, 6.45) is 7.44. The molecule has 2 aromatic rings. The second-order valence-corrected chi connectivity index (χ2v) is 11.5. The highest BCUT2D eigenvalue weighted by Gasteiger charge is 2.73. The van der Waals surface area contributed by atoms with Crippen LogP contribution in [0.1, 0.15) is 32.6 Å². The quantitative estimate of drug-likeness (QED) is 0.278. The normalized spacial score (nSPS) is 31.9. The number of esters is 1. The monoisotopic (exact) mass is 592 g/mol. The Kier molecular flexibility index (Phi) is 8.01. The number of aromatic nitrogens is 3. The SMILES string of the molecule is C[C@H]1CNC(=O)CC/C=C\CN(Cn2nnc3ccccc32)C(=O)[C@H]2N(CCCCO)C(=O)[C@@H]3[C@@H](C(=O)O1)[C@H]1C=C[C@]32O1. The Balaban J connectivity index is 1.40. The zero-order valence-corrected chi connectivity index (χ0v) is 24.0. The van der Waals surface area contributed by atoms with Crippen LogP contribution < -0.4 is 5.32 Å². The first-order chi connectivity index (χ1) is 20.8. The first-order valence-corrected chi connectivity index (χ1v) is 14.8. The number of cyclic esters (lactones) is 1. The van der Waals surface area contributed by atoms with Crippen molar-refractivity contribution in [1.82, 2.24) is 30.1 Å².